The van der Waals surface area contributed by atoms with E-state index in [1.807, 2.05) is 0 Å². The Kier molecular flexibility index (Phi) is 7.45. The minimum Gasteiger partial charge on any atom is -0.423 e. The van der Waals surface area contributed by atoms with Crippen molar-refractivity contribution in [2.75, 3.05) is 5.32 Å². The van der Waals surface area contributed by atoms with Gasteiger partial charge in [-0.3, -0.25) is 19.7 Å². The fraction of sp³-hybridized carbons (Fsp3) is 0. The van der Waals surface area contributed by atoms with Crippen molar-refractivity contribution in [1.82, 2.24) is 5.43 Å². The van der Waals surface area contributed by atoms with E-state index in [0.29, 0.717) is 16.3 Å². The number of esters is 1. The second-order valence-electron chi connectivity index (χ2n) is 6.43. The van der Waals surface area contributed by atoms with E-state index in [0.717, 1.165) is 0 Å². The number of hydrazone groups is 1. The van der Waals surface area contributed by atoms with Crippen LogP contribution in [0.2, 0.25) is 5.02 Å². The lowest BCUT2D eigenvalue weighted by molar-refractivity contribution is -0.384. The third-order valence-electron chi connectivity index (χ3n) is 4.07. The third kappa shape index (κ3) is 6.71. The molecule has 2 N–H and O–H groups in total. The van der Waals surface area contributed by atoms with Crippen LogP contribution in [0.4, 0.5) is 11.4 Å². The van der Waals surface area contributed by atoms with Crippen LogP contribution in [0.5, 0.6) is 5.75 Å². The van der Waals surface area contributed by atoms with Gasteiger partial charge < -0.3 is 10.1 Å². The first kappa shape index (κ1) is 23.1. The van der Waals surface area contributed by atoms with Crippen molar-refractivity contribution < 1.29 is 24.0 Å². The van der Waals surface area contributed by atoms with E-state index in [1.54, 1.807) is 36.4 Å². The molecule has 0 unspecified atom stereocenters. The lowest BCUT2D eigenvalue weighted by Gasteiger charge is -2.05. The van der Waals surface area contributed by atoms with E-state index in [-0.39, 0.29) is 17.0 Å². The van der Waals surface area contributed by atoms with Crippen molar-refractivity contribution in [1.29, 1.82) is 0 Å². The van der Waals surface area contributed by atoms with E-state index in [2.05, 4.69) is 15.8 Å². The van der Waals surface area contributed by atoms with Gasteiger partial charge in [-0.2, -0.15) is 5.10 Å². The summed E-state index contributed by atoms with van der Waals surface area (Å²) in [5.41, 5.74) is 2.95. The maximum atomic E-state index is 12.2. The number of rotatable bonds is 6. The summed E-state index contributed by atoms with van der Waals surface area (Å²) in [7, 11) is 0. The highest BCUT2D eigenvalue weighted by Crippen LogP contribution is 2.17. The van der Waals surface area contributed by atoms with E-state index in [1.165, 1.54) is 42.6 Å². The topological polar surface area (TPSA) is 140 Å². The molecular formula is C22H15ClN4O6. The van der Waals surface area contributed by atoms with Crippen LogP contribution in [0.25, 0.3) is 0 Å². The Labute approximate surface area is 192 Å². The predicted molar refractivity (Wildman–Crippen MR) is 120 cm³/mol. The number of hydrogen-bond acceptors (Lipinski definition) is 7. The highest BCUT2D eigenvalue weighted by molar-refractivity contribution is 6.39. The zero-order valence-corrected chi connectivity index (χ0v) is 17.5. The van der Waals surface area contributed by atoms with Crippen molar-refractivity contribution in [2.24, 2.45) is 5.10 Å². The van der Waals surface area contributed by atoms with Crippen LogP contribution in [0.15, 0.2) is 77.9 Å². The first-order valence-corrected chi connectivity index (χ1v) is 9.66. The van der Waals surface area contributed by atoms with Crippen LogP contribution >= 0.6 is 11.6 Å². The summed E-state index contributed by atoms with van der Waals surface area (Å²) in [4.78, 5) is 46.1. The van der Waals surface area contributed by atoms with E-state index >= 15 is 0 Å². The van der Waals surface area contributed by atoms with Crippen molar-refractivity contribution in [3.05, 3.63) is 99.1 Å². The molecule has 0 spiro atoms. The van der Waals surface area contributed by atoms with Gasteiger partial charge in [0, 0.05) is 22.8 Å². The third-order valence-corrected chi connectivity index (χ3v) is 4.32. The number of anilines is 1. The number of carbonyl (C=O) groups excluding carboxylic acids is 3. The highest BCUT2D eigenvalue weighted by atomic mass is 35.5. The minimum absolute atomic E-state index is 0.138. The van der Waals surface area contributed by atoms with Crippen molar-refractivity contribution >= 4 is 47.0 Å². The Bertz CT molecular complexity index is 1230. The van der Waals surface area contributed by atoms with Crippen molar-refractivity contribution in [3.8, 4) is 5.75 Å². The summed E-state index contributed by atoms with van der Waals surface area (Å²) in [6, 6.07) is 17.4. The van der Waals surface area contributed by atoms with E-state index in [4.69, 9.17) is 16.3 Å². The molecule has 166 valence electrons. The number of halogens is 1. The average Bonchev–Trinajstić information content (AvgIpc) is 2.80. The van der Waals surface area contributed by atoms with Gasteiger partial charge in [0.1, 0.15) is 5.75 Å². The van der Waals surface area contributed by atoms with Gasteiger partial charge in [-0.1, -0.05) is 23.7 Å². The molecule has 0 saturated heterocycles. The molecule has 0 radical (unpaired) electrons. The largest absolute Gasteiger partial charge is 0.423 e. The highest BCUT2D eigenvalue weighted by Gasteiger charge is 2.13. The van der Waals surface area contributed by atoms with Crippen molar-refractivity contribution in [3.63, 3.8) is 0 Å². The molecule has 0 fully saturated rings. The molecule has 11 heteroatoms. The number of hydrogen-bond donors (Lipinski definition) is 2. The minimum atomic E-state index is -0.984. The lowest BCUT2D eigenvalue weighted by Crippen LogP contribution is -2.32. The Balaban J connectivity index is 1.56. The van der Waals surface area contributed by atoms with Gasteiger partial charge in [0.05, 0.1) is 16.7 Å². The summed E-state index contributed by atoms with van der Waals surface area (Å²) < 4.78 is 5.25. The molecule has 0 bridgehead atoms. The molecule has 3 rings (SSSR count). The molecule has 0 heterocycles. The number of nitro benzene ring substituents is 1. The molecule has 3 aromatic carbocycles. The molecule has 0 aliphatic heterocycles. The molecule has 10 nitrogen and oxygen atoms in total. The van der Waals surface area contributed by atoms with Crippen LogP contribution in [0.3, 0.4) is 0 Å². The number of nitrogens with one attached hydrogen (secondary N) is 2. The SMILES string of the molecule is O=C(NN=Cc1cccc(OC(=O)c2ccc([N+](=O)[O-])cc2)c1)C(=O)Nc1ccc(Cl)cc1. The quantitative estimate of drug-likeness (QED) is 0.142. The normalized spacial score (nSPS) is 10.5. The smallest absolute Gasteiger partial charge is 0.343 e. The monoisotopic (exact) mass is 466 g/mol. The zero-order chi connectivity index (χ0) is 23.8. The number of benzene rings is 3. The Morgan fingerprint density at radius 3 is 2.33 bits per heavy atom. The molecule has 2 amide bonds. The Morgan fingerprint density at radius 1 is 0.970 bits per heavy atom. The van der Waals surface area contributed by atoms with Gasteiger partial charge in [-0.05, 0) is 54.1 Å². The second kappa shape index (κ2) is 10.6. The number of carbonyl (C=O) groups is 3. The van der Waals surface area contributed by atoms with Gasteiger partial charge >= 0.3 is 17.8 Å². The fourth-order valence-electron chi connectivity index (χ4n) is 2.48. The fourth-order valence-corrected chi connectivity index (χ4v) is 2.61. The second-order valence-corrected chi connectivity index (χ2v) is 6.86. The zero-order valence-electron chi connectivity index (χ0n) is 16.7. The Morgan fingerprint density at radius 2 is 1.67 bits per heavy atom. The number of amides is 2. The van der Waals surface area contributed by atoms with Gasteiger partial charge in [-0.25, -0.2) is 10.2 Å². The standard InChI is InChI=1S/C22H15ClN4O6/c23-16-6-8-17(9-7-16)25-20(28)21(29)26-24-13-14-2-1-3-19(12-14)33-22(30)15-4-10-18(11-5-15)27(31)32/h1-13H,(H,25,28)(H,26,29). The van der Waals surface area contributed by atoms with Crippen LogP contribution in [-0.4, -0.2) is 28.9 Å². The molecular weight excluding hydrogens is 452 g/mol. The van der Waals surface area contributed by atoms with E-state index in [9.17, 15) is 24.5 Å². The van der Waals surface area contributed by atoms with Crippen LogP contribution < -0.4 is 15.5 Å². The van der Waals surface area contributed by atoms with Crippen LogP contribution in [-0.2, 0) is 9.59 Å². The van der Waals surface area contributed by atoms with Crippen LogP contribution in [0.1, 0.15) is 15.9 Å². The maximum absolute atomic E-state index is 12.2. The molecule has 0 atom stereocenters. The molecule has 0 saturated carbocycles. The van der Waals surface area contributed by atoms with Crippen LogP contribution in [0, 0.1) is 10.1 Å². The summed E-state index contributed by atoms with van der Waals surface area (Å²) in [6.45, 7) is 0. The molecule has 0 aromatic heterocycles. The number of nitro groups is 1. The molecule has 0 aliphatic rings. The maximum Gasteiger partial charge on any atom is 0.343 e. The van der Waals surface area contributed by atoms with Crippen molar-refractivity contribution in [2.45, 2.75) is 0 Å². The summed E-state index contributed by atoms with van der Waals surface area (Å²) in [5.74, 6) is -2.41. The number of ether oxygens (including phenoxy) is 1. The molecule has 33 heavy (non-hydrogen) atoms. The predicted octanol–water partition coefficient (Wildman–Crippen LogP) is 3.56. The number of nitrogens with zero attached hydrogens (tertiary/aromatic N) is 2. The summed E-state index contributed by atoms with van der Waals surface area (Å²) in [5, 5.41) is 17.3. The summed E-state index contributed by atoms with van der Waals surface area (Å²) >= 11 is 5.76. The lowest BCUT2D eigenvalue weighted by atomic mass is 10.2. The van der Waals surface area contributed by atoms with Gasteiger partial charge in [0.15, 0.2) is 0 Å². The summed E-state index contributed by atoms with van der Waals surface area (Å²) in [6.07, 6.45) is 1.26. The molecule has 0 aliphatic carbocycles. The first-order chi connectivity index (χ1) is 15.8. The number of non-ortho nitro benzene ring substituents is 1. The van der Waals surface area contributed by atoms with Gasteiger partial charge in [0.2, 0.25) is 0 Å². The Hall–Kier alpha value is -4.57. The van der Waals surface area contributed by atoms with E-state index < -0.39 is 22.7 Å². The molecule has 3 aromatic rings. The van der Waals surface area contributed by atoms with Gasteiger partial charge in [-0.15, -0.1) is 0 Å². The average molecular weight is 467 g/mol. The first-order valence-electron chi connectivity index (χ1n) is 9.28. The van der Waals surface area contributed by atoms with Gasteiger partial charge in [0.25, 0.3) is 5.69 Å².